The second-order valence-corrected chi connectivity index (χ2v) is 8.53. The first kappa shape index (κ1) is 22.7. The maximum Gasteiger partial charge on any atom is 0.338 e. The van der Waals surface area contributed by atoms with E-state index in [4.69, 9.17) is 14.5 Å². The van der Waals surface area contributed by atoms with Crippen molar-refractivity contribution in [1.29, 1.82) is 0 Å². The van der Waals surface area contributed by atoms with Crippen LogP contribution >= 0.6 is 0 Å². The minimum atomic E-state index is -0.359. The highest BCUT2D eigenvalue weighted by Gasteiger charge is 2.35. The van der Waals surface area contributed by atoms with Crippen LogP contribution in [0.25, 0.3) is 11.0 Å². The van der Waals surface area contributed by atoms with Crippen molar-refractivity contribution in [2.24, 2.45) is 0 Å². The van der Waals surface area contributed by atoms with Gasteiger partial charge in [-0.1, -0.05) is 67.9 Å². The summed E-state index contributed by atoms with van der Waals surface area (Å²) in [6, 6.07) is 25.7. The van der Waals surface area contributed by atoms with Crippen molar-refractivity contribution in [2.45, 2.75) is 39.3 Å². The fraction of sp³-hybridized carbons (Fsp3) is 0.241. The molecule has 4 aromatic rings. The smallest absolute Gasteiger partial charge is 0.338 e. The highest BCUT2D eigenvalue weighted by Crippen LogP contribution is 2.41. The predicted molar refractivity (Wildman–Crippen MR) is 137 cm³/mol. The lowest BCUT2D eigenvalue weighted by Gasteiger charge is -2.31. The minimum Gasteiger partial charge on any atom is -0.489 e. The molecule has 0 fully saturated rings. The first-order valence-electron chi connectivity index (χ1n) is 12.1. The predicted octanol–water partition coefficient (Wildman–Crippen LogP) is 6.25. The Labute approximate surface area is 205 Å². The number of anilines is 1. The van der Waals surface area contributed by atoms with Gasteiger partial charge in [-0.3, -0.25) is 4.57 Å². The molecule has 0 saturated carbocycles. The Kier molecular flexibility index (Phi) is 6.53. The second kappa shape index (κ2) is 10.1. The van der Waals surface area contributed by atoms with Crippen LogP contribution in [0.3, 0.4) is 0 Å². The van der Waals surface area contributed by atoms with E-state index in [0.29, 0.717) is 18.8 Å². The van der Waals surface area contributed by atoms with Crippen molar-refractivity contribution in [1.82, 2.24) is 9.55 Å². The van der Waals surface area contributed by atoms with Gasteiger partial charge in [0.05, 0.1) is 29.3 Å². The molecule has 1 unspecified atom stereocenters. The van der Waals surface area contributed by atoms with Gasteiger partial charge in [0.25, 0.3) is 0 Å². The summed E-state index contributed by atoms with van der Waals surface area (Å²) in [7, 11) is 0. The molecule has 1 aromatic heterocycles. The monoisotopic (exact) mass is 467 g/mol. The fourth-order valence-corrected chi connectivity index (χ4v) is 4.58. The molecule has 0 saturated heterocycles. The number of aromatic nitrogens is 2. The van der Waals surface area contributed by atoms with E-state index in [-0.39, 0.29) is 12.0 Å². The number of ether oxygens (including phenoxy) is 2. The summed E-state index contributed by atoms with van der Waals surface area (Å²) in [6.07, 6.45) is 1.62. The molecule has 6 nitrogen and oxygen atoms in total. The van der Waals surface area contributed by atoms with Crippen molar-refractivity contribution in [3.63, 3.8) is 0 Å². The summed E-state index contributed by atoms with van der Waals surface area (Å²) in [5, 5.41) is 3.43. The topological polar surface area (TPSA) is 65.4 Å². The highest BCUT2D eigenvalue weighted by atomic mass is 16.5. The number of allylic oxidation sites excluding steroid dienone is 1. The number of hydrogen-bond donors (Lipinski definition) is 1. The molecule has 178 valence electrons. The van der Waals surface area contributed by atoms with Gasteiger partial charge in [0.1, 0.15) is 12.4 Å². The van der Waals surface area contributed by atoms with Gasteiger partial charge in [-0.2, -0.15) is 0 Å². The molecular formula is C29H29N3O3. The van der Waals surface area contributed by atoms with Gasteiger partial charge in [0.15, 0.2) is 0 Å². The fourth-order valence-electron chi connectivity index (χ4n) is 4.58. The molecule has 0 bridgehead atoms. The number of rotatable bonds is 8. The van der Waals surface area contributed by atoms with Gasteiger partial charge >= 0.3 is 5.97 Å². The zero-order valence-electron chi connectivity index (χ0n) is 20.0. The van der Waals surface area contributed by atoms with Crippen LogP contribution in [-0.2, 0) is 16.1 Å². The van der Waals surface area contributed by atoms with Gasteiger partial charge in [-0.25, -0.2) is 9.78 Å². The van der Waals surface area contributed by atoms with Gasteiger partial charge < -0.3 is 14.8 Å². The van der Waals surface area contributed by atoms with Crippen molar-refractivity contribution in [3.05, 3.63) is 101 Å². The second-order valence-electron chi connectivity index (χ2n) is 8.53. The summed E-state index contributed by atoms with van der Waals surface area (Å²) in [5.74, 6) is 1.20. The molecule has 0 aliphatic carbocycles. The molecule has 2 heterocycles. The van der Waals surface area contributed by atoms with Crippen molar-refractivity contribution in [2.75, 3.05) is 11.9 Å². The highest BCUT2D eigenvalue weighted by molar-refractivity contribution is 5.94. The van der Waals surface area contributed by atoms with Crippen LogP contribution in [0.15, 0.2) is 90.1 Å². The summed E-state index contributed by atoms with van der Waals surface area (Å²) in [6.45, 7) is 4.75. The van der Waals surface area contributed by atoms with Gasteiger partial charge in [0, 0.05) is 5.70 Å². The molecule has 1 aliphatic heterocycles. The average molecular weight is 468 g/mol. The quantitative estimate of drug-likeness (QED) is 0.310. The number of carbonyl (C=O) groups excluding carboxylic acids is 1. The third-order valence-corrected chi connectivity index (χ3v) is 6.15. The summed E-state index contributed by atoms with van der Waals surface area (Å²) in [5.41, 5.74) is 5.41. The lowest BCUT2D eigenvalue weighted by Crippen LogP contribution is -2.29. The molecule has 5 rings (SSSR count). The third kappa shape index (κ3) is 4.52. The SMILES string of the molecule is CCCC1=C(C(=O)OCC)C(c2ccc(OCc3ccccc3)cc2)n2c(nc3ccccc32)N1. The van der Waals surface area contributed by atoms with Gasteiger partial charge in [-0.15, -0.1) is 0 Å². The van der Waals surface area contributed by atoms with E-state index >= 15 is 0 Å². The number of carbonyl (C=O) groups is 1. The Morgan fingerprint density at radius 3 is 2.46 bits per heavy atom. The van der Waals surface area contributed by atoms with Gasteiger partial charge in [-0.05, 0) is 48.7 Å². The normalized spacial score (nSPS) is 15.0. The van der Waals surface area contributed by atoms with E-state index in [2.05, 4.69) is 16.8 Å². The van der Waals surface area contributed by atoms with Crippen LogP contribution in [0, 0.1) is 0 Å². The van der Waals surface area contributed by atoms with Crippen LogP contribution < -0.4 is 10.1 Å². The molecule has 1 N–H and O–H groups in total. The molecule has 3 aromatic carbocycles. The summed E-state index contributed by atoms with van der Waals surface area (Å²) in [4.78, 5) is 18.1. The van der Waals surface area contributed by atoms with Crippen LogP contribution in [0.2, 0.25) is 0 Å². The van der Waals surface area contributed by atoms with Crippen molar-refractivity contribution >= 4 is 23.0 Å². The van der Waals surface area contributed by atoms with E-state index in [1.165, 1.54) is 0 Å². The van der Waals surface area contributed by atoms with Crippen molar-refractivity contribution < 1.29 is 14.3 Å². The number of esters is 1. The Morgan fingerprint density at radius 2 is 1.71 bits per heavy atom. The van der Waals surface area contributed by atoms with E-state index in [1.54, 1.807) is 0 Å². The Morgan fingerprint density at radius 1 is 0.971 bits per heavy atom. The molecule has 0 spiro atoms. The third-order valence-electron chi connectivity index (χ3n) is 6.15. The largest absolute Gasteiger partial charge is 0.489 e. The maximum absolute atomic E-state index is 13.3. The molecule has 6 heteroatoms. The molecular weight excluding hydrogens is 438 g/mol. The lowest BCUT2D eigenvalue weighted by atomic mass is 9.93. The van der Waals surface area contributed by atoms with Crippen LogP contribution in [0.5, 0.6) is 5.75 Å². The zero-order chi connectivity index (χ0) is 24.2. The van der Waals surface area contributed by atoms with Gasteiger partial charge in [0.2, 0.25) is 5.95 Å². The number of nitrogens with one attached hydrogen (secondary N) is 1. The van der Waals surface area contributed by atoms with Crippen molar-refractivity contribution in [3.8, 4) is 5.75 Å². The van der Waals surface area contributed by atoms with E-state index in [9.17, 15) is 4.79 Å². The molecule has 1 atom stereocenters. The molecule has 35 heavy (non-hydrogen) atoms. The first-order chi connectivity index (χ1) is 17.2. The maximum atomic E-state index is 13.3. The Bertz CT molecular complexity index is 1360. The van der Waals surface area contributed by atoms with E-state index in [0.717, 1.165) is 52.4 Å². The lowest BCUT2D eigenvalue weighted by molar-refractivity contribution is -0.139. The Hall–Kier alpha value is -4.06. The number of imidazole rings is 1. The Balaban J connectivity index is 1.56. The first-order valence-corrected chi connectivity index (χ1v) is 12.1. The molecule has 1 aliphatic rings. The average Bonchev–Trinajstić information content (AvgIpc) is 3.26. The summed E-state index contributed by atoms with van der Waals surface area (Å²) >= 11 is 0. The van der Waals surface area contributed by atoms with E-state index in [1.807, 2.05) is 85.8 Å². The number of fused-ring (bicyclic) bond motifs is 3. The number of hydrogen-bond acceptors (Lipinski definition) is 5. The standard InChI is InChI=1S/C29H29N3O3/c1-3-10-24-26(28(33)34-4-2)27(32-25-14-9-8-13-23(25)30-29(32)31-24)21-15-17-22(18-16-21)35-19-20-11-6-5-7-12-20/h5-9,11-18,27H,3-4,10,19H2,1-2H3,(H,30,31). The number of para-hydroxylation sites is 2. The van der Waals surface area contributed by atoms with Crippen LogP contribution in [0.4, 0.5) is 5.95 Å². The minimum absolute atomic E-state index is 0.304. The zero-order valence-corrected chi connectivity index (χ0v) is 20.0. The van der Waals surface area contributed by atoms with Crippen LogP contribution in [0.1, 0.15) is 43.9 Å². The molecule has 0 amide bonds. The molecule has 0 radical (unpaired) electrons. The summed E-state index contributed by atoms with van der Waals surface area (Å²) < 4.78 is 13.6. The number of nitrogens with zero attached hydrogens (tertiary/aromatic N) is 2. The van der Waals surface area contributed by atoms with E-state index < -0.39 is 0 Å². The van der Waals surface area contributed by atoms with Crippen LogP contribution in [-0.4, -0.2) is 22.1 Å². The number of benzene rings is 3.